The van der Waals surface area contributed by atoms with Crippen molar-refractivity contribution in [2.24, 2.45) is 4.99 Å². The smallest absolute Gasteiger partial charge is 0.274 e. The van der Waals surface area contributed by atoms with Crippen LogP contribution in [0.3, 0.4) is 0 Å². The monoisotopic (exact) mass is 398 g/mol. The lowest BCUT2D eigenvalue weighted by molar-refractivity contribution is -0.121. The highest BCUT2D eigenvalue weighted by atomic mass is 32.2. The fourth-order valence-electron chi connectivity index (χ4n) is 3.32. The molecule has 3 heterocycles. The summed E-state index contributed by atoms with van der Waals surface area (Å²) in [6.45, 7) is 0.536. The Morgan fingerprint density at radius 2 is 2.15 bits per heavy atom. The fourth-order valence-corrected chi connectivity index (χ4v) is 7.29. The molecule has 140 valence electrons. The molecule has 2 saturated heterocycles. The van der Waals surface area contributed by atoms with Gasteiger partial charge in [0.15, 0.2) is 26.5 Å². The van der Waals surface area contributed by atoms with Crippen molar-refractivity contribution in [1.82, 2.24) is 4.90 Å². The topological polar surface area (TPSA) is 94.5 Å². The van der Waals surface area contributed by atoms with Gasteiger partial charge in [-0.3, -0.25) is 4.79 Å². The second-order valence-corrected chi connectivity index (χ2v) is 9.70. The van der Waals surface area contributed by atoms with Crippen molar-refractivity contribution in [1.29, 1.82) is 0 Å². The first-order chi connectivity index (χ1) is 12.4. The van der Waals surface area contributed by atoms with E-state index in [1.807, 2.05) is 23.1 Å². The zero-order valence-corrected chi connectivity index (χ0v) is 15.7. The third-order valence-corrected chi connectivity index (χ3v) is 7.70. The number of carbonyl (C=O) groups excluding carboxylic acids is 1. The van der Waals surface area contributed by atoms with Crippen LogP contribution >= 0.6 is 11.8 Å². The minimum Gasteiger partial charge on any atom is -0.454 e. The van der Waals surface area contributed by atoms with Gasteiger partial charge in [-0.15, -0.1) is 0 Å². The average Bonchev–Trinajstić information content (AvgIpc) is 3.22. The predicted octanol–water partition coefficient (Wildman–Crippen LogP) is 0.659. The lowest BCUT2D eigenvalue weighted by atomic mass is 10.1. The first-order valence-electron chi connectivity index (χ1n) is 8.08. The van der Waals surface area contributed by atoms with Crippen LogP contribution in [-0.4, -0.2) is 67.7 Å². The van der Waals surface area contributed by atoms with E-state index in [2.05, 4.69) is 4.99 Å². The van der Waals surface area contributed by atoms with Crippen LogP contribution < -0.4 is 9.47 Å². The summed E-state index contributed by atoms with van der Waals surface area (Å²) in [4.78, 5) is 17.9. The molecule has 0 radical (unpaired) electrons. The van der Waals surface area contributed by atoms with Crippen LogP contribution in [0.15, 0.2) is 23.2 Å². The van der Waals surface area contributed by atoms with E-state index in [9.17, 15) is 13.2 Å². The summed E-state index contributed by atoms with van der Waals surface area (Å²) in [5.41, 5.74) is 0.937. The third-order valence-electron chi connectivity index (χ3n) is 4.45. The van der Waals surface area contributed by atoms with Gasteiger partial charge in [0.2, 0.25) is 6.79 Å². The Bertz CT molecular complexity index is 869. The minimum atomic E-state index is -3.07. The molecule has 0 aliphatic carbocycles. The molecule has 3 aliphatic rings. The number of ether oxygens (including phenoxy) is 3. The van der Waals surface area contributed by atoms with Crippen molar-refractivity contribution < 1.29 is 27.4 Å². The predicted molar refractivity (Wildman–Crippen MR) is 96.2 cm³/mol. The third kappa shape index (κ3) is 3.40. The van der Waals surface area contributed by atoms with Crippen LogP contribution in [-0.2, 0) is 25.9 Å². The van der Waals surface area contributed by atoms with Crippen molar-refractivity contribution >= 4 is 32.7 Å². The van der Waals surface area contributed by atoms with Crippen LogP contribution in [0.5, 0.6) is 11.5 Å². The van der Waals surface area contributed by atoms with Crippen molar-refractivity contribution in [2.75, 3.05) is 32.0 Å². The number of rotatable bonds is 4. The highest BCUT2D eigenvalue weighted by Gasteiger charge is 2.48. The van der Waals surface area contributed by atoms with Gasteiger partial charge in [-0.2, -0.15) is 4.99 Å². The summed E-state index contributed by atoms with van der Waals surface area (Å²) in [6, 6.07) is 5.42. The van der Waals surface area contributed by atoms with Crippen LogP contribution in [0.2, 0.25) is 0 Å². The van der Waals surface area contributed by atoms with Crippen molar-refractivity contribution in [2.45, 2.75) is 17.8 Å². The molecule has 1 aromatic carbocycles. The SMILES string of the molecule is COCC(=O)N=C1S[C@@H]2CS(=O)(=O)C[C@H]2N1Cc1ccc2c(c1)OCO2. The van der Waals surface area contributed by atoms with Crippen LogP contribution in [0.1, 0.15) is 5.56 Å². The molecule has 3 aliphatic heterocycles. The lowest BCUT2D eigenvalue weighted by Gasteiger charge is -2.24. The molecule has 1 aromatic rings. The second-order valence-electron chi connectivity index (χ2n) is 6.34. The minimum absolute atomic E-state index is 0.0761. The molecule has 26 heavy (non-hydrogen) atoms. The van der Waals surface area contributed by atoms with Crippen molar-refractivity contribution in [3.63, 3.8) is 0 Å². The fraction of sp³-hybridized carbons (Fsp3) is 0.500. The molecule has 2 atom stereocenters. The van der Waals surface area contributed by atoms with E-state index in [1.165, 1.54) is 18.9 Å². The zero-order valence-electron chi connectivity index (χ0n) is 14.1. The van der Waals surface area contributed by atoms with Gasteiger partial charge in [0.25, 0.3) is 5.91 Å². The molecule has 10 heteroatoms. The number of amides is 1. The van der Waals surface area contributed by atoms with E-state index in [4.69, 9.17) is 14.2 Å². The van der Waals surface area contributed by atoms with E-state index in [1.54, 1.807) is 0 Å². The van der Waals surface area contributed by atoms with Gasteiger partial charge in [-0.05, 0) is 17.7 Å². The van der Waals surface area contributed by atoms with Crippen molar-refractivity contribution in [3.8, 4) is 11.5 Å². The summed E-state index contributed by atoms with van der Waals surface area (Å²) < 4.78 is 39.6. The summed E-state index contributed by atoms with van der Waals surface area (Å²) in [7, 11) is -1.64. The van der Waals surface area contributed by atoms with E-state index in [0.29, 0.717) is 23.2 Å². The largest absolute Gasteiger partial charge is 0.454 e. The van der Waals surface area contributed by atoms with Gasteiger partial charge < -0.3 is 19.1 Å². The standard InChI is InChI=1S/C16H18N2O6S2/c1-22-6-15(19)17-16-18(11-7-26(20,21)8-14(11)25-16)5-10-2-3-12-13(4-10)24-9-23-12/h2-4,11,14H,5-9H2,1H3/t11-,14-/m1/s1. The number of amidine groups is 1. The van der Waals surface area contributed by atoms with Gasteiger partial charge in [0, 0.05) is 18.9 Å². The number of carbonyl (C=O) groups is 1. The molecular weight excluding hydrogens is 380 g/mol. The maximum atomic E-state index is 12.0. The molecule has 0 unspecified atom stereocenters. The van der Waals surface area contributed by atoms with Crippen LogP contribution in [0, 0.1) is 0 Å². The van der Waals surface area contributed by atoms with E-state index in [0.717, 1.165) is 5.56 Å². The van der Waals surface area contributed by atoms with Gasteiger partial charge in [0.05, 0.1) is 17.5 Å². The molecule has 0 spiro atoms. The molecule has 0 aromatic heterocycles. The Hall–Kier alpha value is -1.78. The van der Waals surface area contributed by atoms with E-state index < -0.39 is 9.84 Å². The number of hydrogen-bond donors (Lipinski definition) is 0. The van der Waals surface area contributed by atoms with Crippen LogP contribution in [0.25, 0.3) is 0 Å². The summed E-state index contributed by atoms with van der Waals surface area (Å²) >= 11 is 1.35. The van der Waals surface area contributed by atoms with Gasteiger partial charge >= 0.3 is 0 Å². The summed E-state index contributed by atoms with van der Waals surface area (Å²) in [6.07, 6.45) is 0. The molecule has 4 rings (SSSR count). The van der Waals surface area contributed by atoms with Gasteiger partial charge in [-0.25, -0.2) is 8.42 Å². The lowest BCUT2D eigenvalue weighted by Crippen LogP contribution is -2.37. The molecule has 0 bridgehead atoms. The van der Waals surface area contributed by atoms with Gasteiger partial charge in [0.1, 0.15) is 6.61 Å². The number of nitrogens with zero attached hydrogens (tertiary/aromatic N) is 2. The number of methoxy groups -OCH3 is 1. The summed E-state index contributed by atoms with van der Waals surface area (Å²) in [5, 5.41) is 0.442. The Morgan fingerprint density at radius 3 is 2.96 bits per heavy atom. The highest BCUT2D eigenvalue weighted by Crippen LogP contribution is 2.40. The van der Waals surface area contributed by atoms with Crippen molar-refractivity contribution in [3.05, 3.63) is 23.8 Å². The normalized spacial score (nSPS) is 27.1. The molecule has 2 fully saturated rings. The van der Waals surface area contributed by atoms with Gasteiger partial charge in [-0.1, -0.05) is 17.8 Å². The molecular formula is C16H18N2O6S2. The Labute approximate surface area is 155 Å². The highest BCUT2D eigenvalue weighted by molar-refractivity contribution is 8.15. The van der Waals surface area contributed by atoms with E-state index in [-0.39, 0.29) is 42.1 Å². The molecule has 0 saturated carbocycles. The number of sulfone groups is 1. The Morgan fingerprint density at radius 1 is 1.35 bits per heavy atom. The number of benzene rings is 1. The van der Waals surface area contributed by atoms with E-state index >= 15 is 0 Å². The Kier molecular flexibility index (Phi) is 4.57. The number of thioether (sulfide) groups is 1. The zero-order chi connectivity index (χ0) is 18.3. The maximum Gasteiger partial charge on any atom is 0.274 e. The maximum absolute atomic E-state index is 12.0. The molecule has 1 amide bonds. The first-order valence-corrected chi connectivity index (χ1v) is 10.8. The quantitative estimate of drug-likeness (QED) is 0.730. The average molecular weight is 398 g/mol. The number of fused-ring (bicyclic) bond motifs is 2. The summed E-state index contributed by atoms with van der Waals surface area (Å²) in [5.74, 6) is 1.16. The molecule has 0 N–H and O–H groups in total. The number of aliphatic imine (C=N–C) groups is 1. The Balaban J connectivity index is 1.61. The molecule has 8 nitrogen and oxygen atoms in total. The second kappa shape index (κ2) is 6.75. The number of hydrogen-bond acceptors (Lipinski definition) is 7. The van der Waals surface area contributed by atoms with Crippen LogP contribution in [0.4, 0.5) is 0 Å². The first kappa shape index (κ1) is 17.6.